The normalized spacial score (nSPS) is 10.5. The van der Waals surface area contributed by atoms with Crippen LogP contribution in [0.3, 0.4) is 0 Å². The minimum Gasteiger partial charge on any atom is -0.497 e. The summed E-state index contributed by atoms with van der Waals surface area (Å²) in [7, 11) is 1.58. The molecule has 0 atom stereocenters. The van der Waals surface area contributed by atoms with Gasteiger partial charge in [0.2, 0.25) is 0 Å². The summed E-state index contributed by atoms with van der Waals surface area (Å²) in [6.45, 7) is 2.19. The Kier molecular flexibility index (Phi) is 3.90. The number of hydrogen-bond acceptors (Lipinski definition) is 4. The Morgan fingerprint density at radius 2 is 2.16 bits per heavy atom. The van der Waals surface area contributed by atoms with Gasteiger partial charge in [-0.05, 0) is 40.5 Å². The van der Waals surface area contributed by atoms with Crippen molar-refractivity contribution >= 4 is 21.6 Å². The summed E-state index contributed by atoms with van der Waals surface area (Å²) in [6.07, 6.45) is 1.51. The highest BCUT2D eigenvalue weighted by molar-refractivity contribution is 9.10. The summed E-state index contributed by atoms with van der Waals surface area (Å²) in [5.74, 6) is 1.32. The van der Waals surface area contributed by atoms with E-state index in [4.69, 9.17) is 10.5 Å². The van der Waals surface area contributed by atoms with E-state index < -0.39 is 0 Å². The Labute approximate surface area is 119 Å². The van der Waals surface area contributed by atoms with E-state index >= 15 is 0 Å². The highest BCUT2D eigenvalue weighted by Crippen LogP contribution is 2.19. The number of ether oxygens (including phenoxy) is 1. The largest absolute Gasteiger partial charge is 0.497 e. The summed E-state index contributed by atoms with van der Waals surface area (Å²) in [5.41, 5.74) is 7.18. The number of halogens is 1. The summed E-state index contributed by atoms with van der Waals surface area (Å²) in [6, 6.07) is 5.40. The number of nitrogens with zero attached hydrogens (tertiary/aromatic N) is 2. The van der Waals surface area contributed by atoms with Crippen LogP contribution >= 0.6 is 15.9 Å². The number of aryl methyl sites for hydroxylation is 1. The molecule has 100 valence electrons. The van der Waals surface area contributed by atoms with Gasteiger partial charge in [0.15, 0.2) is 0 Å². The second-order valence-corrected chi connectivity index (χ2v) is 5.01. The maximum atomic E-state index is 12.0. The molecule has 0 fully saturated rings. The summed E-state index contributed by atoms with van der Waals surface area (Å²) in [5, 5.41) is 0. The van der Waals surface area contributed by atoms with Crippen molar-refractivity contribution in [2.45, 2.75) is 13.5 Å². The van der Waals surface area contributed by atoms with Crippen LogP contribution in [0.15, 0.2) is 33.7 Å². The first-order chi connectivity index (χ1) is 9.01. The van der Waals surface area contributed by atoms with E-state index in [1.165, 1.54) is 6.20 Å². The van der Waals surface area contributed by atoms with Crippen molar-refractivity contribution in [3.8, 4) is 5.75 Å². The van der Waals surface area contributed by atoms with Gasteiger partial charge in [-0.3, -0.25) is 9.36 Å². The molecule has 2 N–H and O–H groups in total. The second-order valence-electron chi connectivity index (χ2n) is 4.16. The molecule has 0 aliphatic heterocycles. The maximum Gasteiger partial charge on any atom is 0.268 e. The molecular weight excluding hydrogens is 310 g/mol. The van der Waals surface area contributed by atoms with Crippen molar-refractivity contribution in [2.24, 2.45) is 0 Å². The first kappa shape index (κ1) is 13.6. The topological polar surface area (TPSA) is 70.1 Å². The number of rotatable bonds is 3. The molecule has 1 aromatic carbocycles. The molecule has 0 unspecified atom stereocenters. The molecule has 2 rings (SSSR count). The number of anilines is 1. The Bertz CT molecular complexity index is 667. The fourth-order valence-electron chi connectivity index (χ4n) is 1.81. The lowest BCUT2D eigenvalue weighted by molar-refractivity contribution is 0.414. The fourth-order valence-corrected chi connectivity index (χ4v) is 2.13. The van der Waals surface area contributed by atoms with Gasteiger partial charge in [-0.2, -0.15) is 0 Å². The molecule has 0 saturated heterocycles. The Morgan fingerprint density at radius 1 is 1.42 bits per heavy atom. The van der Waals surface area contributed by atoms with Gasteiger partial charge in [0.1, 0.15) is 16.0 Å². The number of methoxy groups -OCH3 is 1. The van der Waals surface area contributed by atoms with Crippen LogP contribution in [-0.4, -0.2) is 16.7 Å². The van der Waals surface area contributed by atoms with Crippen LogP contribution in [0.1, 0.15) is 11.4 Å². The van der Waals surface area contributed by atoms with Gasteiger partial charge in [-0.15, -0.1) is 0 Å². The minimum atomic E-state index is -0.117. The van der Waals surface area contributed by atoms with Crippen molar-refractivity contribution in [3.05, 3.63) is 50.6 Å². The standard InChI is InChI=1S/C13H14BrN3O2/c1-8-16-6-12(14)13(18)17(8)7-9-3-10(15)5-11(4-9)19-2/h3-6H,7,15H2,1-2H3. The molecule has 0 bridgehead atoms. The van der Waals surface area contributed by atoms with Gasteiger partial charge < -0.3 is 10.5 Å². The van der Waals surface area contributed by atoms with Crippen LogP contribution in [0.5, 0.6) is 5.75 Å². The van der Waals surface area contributed by atoms with Crippen LogP contribution in [0, 0.1) is 6.92 Å². The molecule has 0 amide bonds. The summed E-state index contributed by atoms with van der Waals surface area (Å²) in [4.78, 5) is 16.2. The monoisotopic (exact) mass is 323 g/mol. The van der Waals surface area contributed by atoms with E-state index in [1.54, 1.807) is 24.7 Å². The Hall–Kier alpha value is -1.82. The molecule has 0 saturated carbocycles. The van der Waals surface area contributed by atoms with E-state index in [0.717, 1.165) is 5.56 Å². The van der Waals surface area contributed by atoms with Crippen LogP contribution in [0.4, 0.5) is 5.69 Å². The zero-order chi connectivity index (χ0) is 14.0. The third kappa shape index (κ3) is 2.96. The lowest BCUT2D eigenvalue weighted by atomic mass is 10.2. The van der Waals surface area contributed by atoms with Crippen molar-refractivity contribution in [1.29, 1.82) is 0 Å². The molecular formula is C13H14BrN3O2. The Morgan fingerprint density at radius 3 is 2.84 bits per heavy atom. The predicted molar refractivity (Wildman–Crippen MR) is 77.4 cm³/mol. The molecule has 0 spiro atoms. The van der Waals surface area contributed by atoms with Crippen LogP contribution in [0.25, 0.3) is 0 Å². The molecule has 1 aromatic heterocycles. The van der Waals surface area contributed by atoms with Gasteiger partial charge >= 0.3 is 0 Å². The van der Waals surface area contributed by atoms with Crippen molar-refractivity contribution in [3.63, 3.8) is 0 Å². The summed E-state index contributed by atoms with van der Waals surface area (Å²) >= 11 is 3.19. The average Bonchev–Trinajstić information content (AvgIpc) is 2.38. The maximum absolute atomic E-state index is 12.0. The highest BCUT2D eigenvalue weighted by atomic mass is 79.9. The van der Waals surface area contributed by atoms with Gasteiger partial charge in [-0.1, -0.05) is 0 Å². The van der Waals surface area contributed by atoms with Gasteiger partial charge in [0, 0.05) is 18.0 Å². The second kappa shape index (κ2) is 5.44. The zero-order valence-electron chi connectivity index (χ0n) is 10.7. The molecule has 0 radical (unpaired) electrons. The van der Waals surface area contributed by atoms with E-state index in [2.05, 4.69) is 20.9 Å². The van der Waals surface area contributed by atoms with Crippen molar-refractivity contribution in [2.75, 3.05) is 12.8 Å². The summed E-state index contributed by atoms with van der Waals surface area (Å²) < 4.78 is 7.19. The number of hydrogen-bond donors (Lipinski definition) is 1. The van der Waals surface area contributed by atoms with Crippen molar-refractivity contribution in [1.82, 2.24) is 9.55 Å². The molecule has 19 heavy (non-hydrogen) atoms. The number of benzene rings is 1. The zero-order valence-corrected chi connectivity index (χ0v) is 12.3. The smallest absolute Gasteiger partial charge is 0.268 e. The molecule has 0 aliphatic carbocycles. The van der Waals surface area contributed by atoms with Gasteiger partial charge in [-0.25, -0.2) is 4.98 Å². The fraction of sp³-hybridized carbons (Fsp3) is 0.231. The predicted octanol–water partition coefficient (Wildman–Crippen LogP) is 1.95. The van der Waals surface area contributed by atoms with Crippen LogP contribution in [-0.2, 0) is 6.54 Å². The lowest BCUT2D eigenvalue weighted by Gasteiger charge is -2.11. The van der Waals surface area contributed by atoms with Crippen LogP contribution in [0.2, 0.25) is 0 Å². The first-order valence-electron chi connectivity index (χ1n) is 5.66. The van der Waals surface area contributed by atoms with Gasteiger partial charge in [0.25, 0.3) is 5.56 Å². The van der Waals surface area contributed by atoms with Gasteiger partial charge in [0.05, 0.1) is 13.7 Å². The number of nitrogens with two attached hydrogens (primary N) is 1. The number of nitrogen functional groups attached to an aromatic ring is 1. The van der Waals surface area contributed by atoms with E-state index in [1.807, 2.05) is 12.1 Å². The molecule has 0 aliphatic rings. The SMILES string of the molecule is COc1cc(N)cc(Cn2c(C)ncc(Br)c2=O)c1. The average molecular weight is 324 g/mol. The third-order valence-electron chi connectivity index (χ3n) is 2.77. The van der Waals surface area contributed by atoms with E-state index in [0.29, 0.717) is 28.3 Å². The first-order valence-corrected chi connectivity index (χ1v) is 6.46. The minimum absolute atomic E-state index is 0.117. The molecule has 2 aromatic rings. The van der Waals surface area contributed by atoms with E-state index in [9.17, 15) is 4.79 Å². The highest BCUT2D eigenvalue weighted by Gasteiger charge is 2.07. The van der Waals surface area contributed by atoms with E-state index in [-0.39, 0.29) is 5.56 Å². The molecule has 1 heterocycles. The van der Waals surface area contributed by atoms with Crippen molar-refractivity contribution < 1.29 is 4.74 Å². The molecule has 5 nitrogen and oxygen atoms in total. The Balaban J connectivity index is 2.44. The molecule has 6 heteroatoms. The lowest BCUT2D eigenvalue weighted by Crippen LogP contribution is -2.24. The van der Waals surface area contributed by atoms with Crippen LogP contribution < -0.4 is 16.0 Å². The quantitative estimate of drug-likeness (QED) is 0.876. The third-order valence-corrected chi connectivity index (χ3v) is 3.31. The number of aromatic nitrogens is 2.